The lowest BCUT2D eigenvalue weighted by Crippen LogP contribution is -2.28. The van der Waals surface area contributed by atoms with Crippen molar-refractivity contribution in [1.82, 2.24) is 14.6 Å². The highest BCUT2D eigenvalue weighted by Gasteiger charge is 2.11. The molecule has 0 aliphatic rings. The molecule has 0 radical (unpaired) electrons. The van der Waals surface area contributed by atoms with Gasteiger partial charge in [-0.25, -0.2) is 0 Å². The van der Waals surface area contributed by atoms with E-state index in [1.54, 1.807) is 17.8 Å². The minimum absolute atomic E-state index is 0.258. The zero-order valence-corrected chi connectivity index (χ0v) is 17.0. The summed E-state index contributed by atoms with van der Waals surface area (Å²) in [6.07, 6.45) is 4.17. The quantitative estimate of drug-likeness (QED) is 0.487. The van der Waals surface area contributed by atoms with Crippen molar-refractivity contribution in [3.63, 3.8) is 0 Å². The lowest BCUT2D eigenvalue weighted by molar-refractivity contribution is 0.811. The topological polar surface area (TPSA) is 64.3 Å². The van der Waals surface area contributed by atoms with Crippen LogP contribution in [0, 0.1) is 6.92 Å². The Kier molecular flexibility index (Phi) is 5.11. The molecule has 0 saturated heterocycles. The van der Waals surface area contributed by atoms with Crippen LogP contribution in [0.4, 0.5) is 0 Å². The van der Waals surface area contributed by atoms with E-state index >= 15 is 0 Å². The molecular weight excluding hydrogens is 390 g/mol. The summed E-state index contributed by atoms with van der Waals surface area (Å²) in [4.78, 5) is 30.7. The third-order valence-electron chi connectivity index (χ3n) is 4.36. The highest BCUT2D eigenvalue weighted by molar-refractivity contribution is 7.98. The van der Waals surface area contributed by atoms with Crippen LogP contribution in [0.15, 0.2) is 63.0 Å². The van der Waals surface area contributed by atoms with Crippen molar-refractivity contribution < 1.29 is 0 Å². The van der Waals surface area contributed by atoms with Gasteiger partial charge in [0.25, 0.3) is 11.1 Å². The SMILES string of the molecule is CSc1ccc(C=c2sc3nc(=O)c(Cc4ccc(C)cc4)nn3c2=O)cc1. The predicted molar refractivity (Wildman–Crippen MR) is 114 cm³/mol. The number of hydrogen-bond donors (Lipinski definition) is 0. The molecule has 0 atom stereocenters. The van der Waals surface area contributed by atoms with Gasteiger partial charge in [-0.3, -0.25) is 9.59 Å². The van der Waals surface area contributed by atoms with Gasteiger partial charge in [0, 0.05) is 11.3 Å². The Hall–Kier alpha value is -2.77. The normalized spacial score (nSPS) is 12.0. The molecule has 2 aromatic carbocycles. The molecule has 0 N–H and O–H groups in total. The molecule has 5 nitrogen and oxygen atoms in total. The summed E-state index contributed by atoms with van der Waals surface area (Å²) >= 11 is 2.84. The van der Waals surface area contributed by atoms with E-state index in [1.807, 2.05) is 61.7 Å². The minimum Gasteiger partial charge on any atom is -0.266 e. The van der Waals surface area contributed by atoms with E-state index in [0.29, 0.717) is 15.9 Å². The van der Waals surface area contributed by atoms with Gasteiger partial charge in [0.05, 0.1) is 4.53 Å². The molecule has 140 valence electrons. The van der Waals surface area contributed by atoms with Crippen LogP contribution in [0.2, 0.25) is 0 Å². The zero-order valence-electron chi connectivity index (χ0n) is 15.4. The van der Waals surface area contributed by atoms with Crippen molar-refractivity contribution in [2.45, 2.75) is 18.2 Å². The van der Waals surface area contributed by atoms with Gasteiger partial charge in [-0.1, -0.05) is 53.3 Å². The molecule has 4 aromatic rings. The Morgan fingerprint density at radius 2 is 1.79 bits per heavy atom. The molecule has 7 heteroatoms. The van der Waals surface area contributed by atoms with Crippen LogP contribution in [0.5, 0.6) is 0 Å². The van der Waals surface area contributed by atoms with Crippen LogP contribution in [0.3, 0.4) is 0 Å². The summed E-state index contributed by atoms with van der Waals surface area (Å²) in [5.41, 5.74) is 2.65. The second kappa shape index (κ2) is 7.69. The van der Waals surface area contributed by atoms with Crippen LogP contribution < -0.4 is 15.7 Å². The number of aryl methyl sites for hydroxylation is 1. The van der Waals surface area contributed by atoms with Crippen molar-refractivity contribution in [2.24, 2.45) is 0 Å². The maximum Gasteiger partial charge on any atom is 0.296 e. The largest absolute Gasteiger partial charge is 0.296 e. The van der Waals surface area contributed by atoms with E-state index in [9.17, 15) is 9.59 Å². The molecule has 2 aromatic heterocycles. The van der Waals surface area contributed by atoms with Crippen LogP contribution in [0.25, 0.3) is 11.0 Å². The van der Waals surface area contributed by atoms with Gasteiger partial charge in [0.1, 0.15) is 5.69 Å². The zero-order chi connectivity index (χ0) is 19.7. The first-order valence-electron chi connectivity index (χ1n) is 8.67. The fourth-order valence-corrected chi connectivity index (χ4v) is 4.12. The number of hydrogen-bond acceptors (Lipinski definition) is 6. The molecule has 0 amide bonds. The van der Waals surface area contributed by atoms with E-state index in [0.717, 1.165) is 21.6 Å². The molecule has 0 aliphatic carbocycles. The van der Waals surface area contributed by atoms with Crippen molar-refractivity contribution in [1.29, 1.82) is 0 Å². The van der Waals surface area contributed by atoms with Gasteiger partial charge >= 0.3 is 0 Å². The molecule has 2 heterocycles. The highest BCUT2D eigenvalue weighted by atomic mass is 32.2. The molecule has 0 fully saturated rings. The number of benzene rings is 2. The average Bonchev–Trinajstić information content (AvgIpc) is 2.99. The molecule has 0 aliphatic heterocycles. The van der Waals surface area contributed by atoms with Gasteiger partial charge in [-0.15, -0.1) is 11.8 Å². The third kappa shape index (κ3) is 3.76. The molecule has 0 unspecified atom stereocenters. The average molecular weight is 408 g/mol. The van der Waals surface area contributed by atoms with E-state index in [1.165, 1.54) is 15.9 Å². The van der Waals surface area contributed by atoms with Gasteiger partial charge < -0.3 is 0 Å². The van der Waals surface area contributed by atoms with E-state index in [-0.39, 0.29) is 11.3 Å². The van der Waals surface area contributed by atoms with Gasteiger partial charge in [-0.2, -0.15) is 14.6 Å². The van der Waals surface area contributed by atoms with Crippen molar-refractivity contribution >= 4 is 34.1 Å². The number of thioether (sulfide) groups is 1. The fraction of sp³-hybridized carbons (Fsp3) is 0.143. The van der Waals surface area contributed by atoms with Crippen molar-refractivity contribution in [2.75, 3.05) is 6.26 Å². The number of fused-ring (bicyclic) bond motifs is 1. The minimum atomic E-state index is -0.391. The van der Waals surface area contributed by atoms with Crippen LogP contribution in [-0.2, 0) is 6.42 Å². The van der Waals surface area contributed by atoms with Gasteiger partial charge in [-0.05, 0) is 42.5 Å². The van der Waals surface area contributed by atoms with Crippen LogP contribution in [0.1, 0.15) is 22.4 Å². The third-order valence-corrected chi connectivity index (χ3v) is 6.06. The van der Waals surface area contributed by atoms with Crippen LogP contribution in [-0.4, -0.2) is 20.9 Å². The molecule has 0 spiro atoms. The Balaban J connectivity index is 1.76. The number of nitrogens with zero attached hydrogens (tertiary/aromatic N) is 3. The molecule has 0 saturated carbocycles. The lowest BCUT2D eigenvalue weighted by atomic mass is 10.1. The molecular formula is C21H17N3O2S2. The van der Waals surface area contributed by atoms with E-state index < -0.39 is 5.56 Å². The standard InChI is InChI=1S/C21H17N3O2S2/c1-13-3-5-14(6-4-13)11-17-19(25)22-21-24(23-17)20(26)18(28-21)12-15-7-9-16(27-2)10-8-15/h3-10,12H,11H2,1-2H3. The summed E-state index contributed by atoms with van der Waals surface area (Å²) in [7, 11) is 0. The first-order chi connectivity index (χ1) is 13.5. The summed E-state index contributed by atoms with van der Waals surface area (Å²) in [6.45, 7) is 2.01. The highest BCUT2D eigenvalue weighted by Crippen LogP contribution is 2.15. The van der Waals surface area contributed by atoms with Crippen molar-refractivity contribution in [3.05, 3.63) is 96.2 Å². The summed E-state index contributed by atoms with van der Waals surface area (Å²) < 4.78 is 1.74. The predicted octanol–water partition coefficient (Wildman–Crippen LogP) is 2.68. The fourth-order valence-electron chi connectivity index (χ4n) is 2.80. The van der Waals surface area contributed by atoms with E-state index in [4.69, 9.17) is 0 Å². The maximum absolute atomic E-state index is 12.8. The second-order valence-electron chi connectivity index (χ2n) is 6.41. The summed E-state index contributed by atoms with van der Waals surface area (Å²) in [5.74, 6) is 0. The van der Waals surface area contributed by atoms with Crippen LogP contribution >= 0.6 is 23.1 Å². The van der Waals surface area contributed by atoms with Crippen molar-refractivity contribution in [3.8, 4) is 0 Å². The number of rotatable bonds is 4. The van der Waals surface area contributed by atoms with Gasteiger partial charge in [0.15, 0.2) is 0 Å². The molecule has 4 rings (SSSR count). The molecule has 0 bridgehead atoms. The first-order valence-corrected chi connectivity index (χ1v) is 10.7. The summed E-state index contributed by atoms with van der Waals surface area (Å²) in [6, 6.07) is 15.8. The lowest BCUT2D eigenvalue weighted by Gasteiger charge is -2.01. The van der Waals surface area contributed by atoms with Gasteiger partial charge in [0.2, 0.25) is 4.96 Å². The second-order valence-corrected chi connectivity index (χ2v) is 8.30. The summed E-state index contributed by atoms with van der Waals surface area (Å²) in [5, 5.41) is 4.30. The number of thiazole rings is 1. The Bertz CT molecular complexity index is 1310. The maximum atomic E-state index is 12.8. The number of aromatic nitrogens is 3. The Morgan fingerprint density at radius 3 is 2.46 bits per heavy atom. The Labute approximate surface area is 169 Å². The Morgan fingerprint density at radius 1 is 1.07 bits per heavy atom. The van der Waals surface area contributed by atoms with E-state index in [2.05, 4.69) is 10.1 Å². The molecule has 28 heavy (non-hydrogen) atoms. The smallest absolute Gasteiger partial charge is 0.266 e. The first kappa shape index (κ1) is 18.6. The monoisotopic (exact) mass is 407 g/mol.